The first-order valence-electron chi connectivity index (χ1n) is 7.27. The number of esters is 1. The number of carbonyl (C=O) groups excluding carboxylic acids is 1. The Hall–Kier alpha value is -0.260. The number of carbonyl (C=O) groups is 1. The lowest BCUT2D eigenvalue weighted by molar-refractivity contribution is -0.148. The molecule has 3 atom stereocenters. The number of likely N-dealkylation sites (N-methyl/N-ethyl adjacent to an activating group) is 1. The lowest BCUT2D eigenvalue weighted by Gasteiger charge is -2.27. The summed E-state index contributed by atoms with van der Waals surface area (Å²) in [5.41, 5.74) is -0.447. The van der Waals surface area contributed by atoms with Crippen molar-refractivity contribution >= 4 is 17.7 Å². The maximum Gasteiger partial charge on any atom is 0.326 e. The van der Waals surface area contributed by atoms with Crippen molar-refractivity contribution in [2.24, 2.45) is 0 Å². The Bertz CT molecular complexity index is 307. The minimum Gasteiger partial charge on any atom is -0.468 e. The van der Waals surface area contributed by atoms with Gasteiger partial charge in [0.05, 0.1) is 13.2 Å². The third kappa shape index (κ3) is 3.64. The standard InChI is InChI=1S/C14H25NO3S/c1-3-15-14(13(16)17-2)7-6-12(9-14)19-10-11-5-4-8-18-11/h11-12,15H,3-10H2,1-2H3. The number of thioether (sulfide) groups is 1. The van der Waals surface area contributed by atoms with Crippen LogP contribution >= 0.6 is 11.8 Å². The first kappa shape index (κ1) is 15.1. The molecule has 19 heavy (non-hydrogen) atoms. The van der Waals surface area contributed by atoms with E-state index in [1.54, 1.807) is 0 Å². The molecule has 5 heteroatoms. The molecule has 1 saturated heterocycles. The smallest absolute Gasteiger partial charge is 0.326 e. The molecule has 0 aromatic rings. The second-order valence-corrected chi connectivity index (χ2v) is 6.77. The van der Waals surface area contributed by atoms with Gasteiger partial charge in [0.25, 0.3) is 0 Å². The first-order valence-corrected chi connectivity index (χ1v) is 8.31. The van der Waals surface area contributed by atoms with Gasteiger partial charge < -0.3 is 14.8 Å². The van der Waals surface area contributed by atoms with Crippen molar-refractivity contribution in [3.8, 4) is 0 Å². The van der Waals surface area contributed by atoms with Crippen LogP contribution in [0, 0.1) is 0 Å². The Morgan fingerprint density at radius 1 is 1.53 bits per heavy atom. The SMILES string of the molecule is CCNC1(C(=O)OC)CCC(SCC2CCCO2)C1. The fourth-order valence-electron chi connectivity index (χ4n) is 3.11. The molecule has 3 unspecified atom stereocenters. The van der Waals surface area contributed by atoms with Crippen molar-refractivity contribution < 1.29 is 14.3 Å². The predicted octanol–water partition coefficient (Wildman–Crippen LogP) is 1.97. The molecule has 0 aromatic carbocycles. The van der Waals surface area contributed by atoms with Crippen molar-refractivity contribution in [1.29, 1.82) is 0 Å². The Balaban J connectivity index is 1.83. The zero-order valence-corrected chi connectivity index (χ0v) is 12.8. The molecule has 0 aromatic heterocycles. The Morgan fingerprint density at radius 3 is 3.00 bits per heavy atom. The minimum atomic E-state index is -0.447. The average Bonchev–Trinajstić information content (AvgIpc) is 3.06. The van der Waals surface area contributed by atoms with Crippen LogP contribution in [-0.4, -0.2) is 48.9 Å². The highest BCUT2D eigenvalue weighted by Crippen LogP contribution is 2.38. The van der Waals surface area contributed by atoms with Gasteiger partial charge in [-0.25, -0.2) is 0 Å². The van der Waals surface area contributed by atoms with E-state index in [4.69, 9.17) is 9.47 Å². The summed E-state index contributed by atoms with van der Waals surface area (Å²) in [6.07, 6.45) is 5.66. The zero-order valence-electron chi connectivity index (χ0n) is 11.9. The van der Waals surface area contributed by atoms with Gasteiger partial charge in [0.1, 0.15) is 5.54 Å². The van der Waals surface area contributed by atoms with Gasteiger partial charge in [-0.2, -0.15) is 11.8 Å². The van der Waals surface area contributed by atoms with Crippen LogP contribution in [0.25, 0.3) is 0 Å². The van der Waals surface area contributed by atoms with Gasteiger partial charge >= 0.3 is 5.97 Å². The van der Waals surface area contributed by atoms with Crippen LogP contribution in [0.15, 0.2) is 0 Å². The largest absolute Gasteiger partial charge is 0.468 e. The van der Waals surface area contributed by atoms with E-state index in [1.807, 2.05) is 18.7 Å². The van der Waals surface area contributed by atoms with E-state index >= 15 is 0 Å². The number of hydrogen-bond acceptors (Lipinski definition) is 5. The van der Waals surface area contributed by atoms with Gasteiger partial charge in [0, 0.05) is 17.6 Å². The molecule has 1 heterocycles. The normalized spacial score (nSPS) is 34.6. The van der Waals surface area contributed by atoms with Crippen molar-refractivity contribution in [2.45, 2.75) is 55.9 Å². The van der Waals surface area contributed by atoms with Crippen molar-refractivity contribution in [2.75, 3.05) is 26.0 Å². The molecule has 1 aliphatic heterocycles. The van der Waals surface area contributed by atoms with E-state index in [9.17, 15) is 4.79 Å². The molecule has 0 radical (unpaired) electrons. The maximum absolute atomic E-state index is 12.0. The Labute approximate surface area is 120 Å². The first-order chi connectivity index (χ1) is 9.20. The molecular formula is C14H25NO3S. The summed E-state index contributed by atoms with van der Waals surface area (Å²) in [4.78, 5) is 12.0. The quantitative estimate of drug-likeness (QED) is 0.757. The summed E-state index contributed by atoms with van der Waals surface area (Å²) in [7, 11) is 1.48. The summed E-state index contributed by atoms with van der Waals surface area (Å²) in [5.74, 6) is 0.961. The van der Waals surface area contributed by atoms with Gasteiger partial charge in [-0.05, 0) is 38.6 Å². The topological polar surface area (TPSA) is 47.6 Å². The van der Waals surface area contributed by atoms with Crippen LogP contribution in [0.5, 0.6) is 0 Å². The lowest BCUT2D eigenvalue weighted by atomic mass is 9.98. The molecule has 4 nitrogen and oxygen atoms in total. The van der Waals surface area contributed by atoms with Crippen LogP contribution in [0.1, 0.15) is 39.0 Å². The van der Waals surface area contributed by atoms with E-state index in [-0.39, 0.29) is 5.97 Å². The van der Waals surface area contributed by atoms with Gasteiger partial charge in [-0.15, -0.1) is 0 Å². The number of hydrogen-bond donors (Lipinski definition) is 1. The third-order valence-corrected chi connectivity index (χ3v) is 5.54. The van der Waals surface area contributed by atoms with Crippen molar-refractivity contribution in [3.05, 3.63) is 0 Å². The maximum atomic E-state index is 12.0. The summed E-state index contributed by atoms with van der Waals surface area (Å²) in [5, 5.41) is 3.89. The highest BCUT2D eigenvalue weighted by Gasteiger charge is 2.45. The number of methoxy groups -OCH3 is 1. The van der Waals surface area contributed by atoms with Gasteiger partial charge in [0.2, 0.25) is 0 Å². The number of rotatable bonds is 6. The fraction of sp³-hybridized carbons (Fsp3) is 0.929. The van der Waals surface area contributed by atoms with E-state index in [0.717, 1.165) is 38.2 Å². The van der Waals surface area contributed by atoms with Gasteiger partial charge in [-0.1, -0.05) is 6.92 Å². The monoisotopic (exact) mass is 287 g/mol. The Morgan fingerprint density at radius 2 is 2.37 bits per heavy atom. The van der Waals surface area contributed by atoms with Gasteiger partial charge in [-0.3, -0.25) is 4.79 Å². The molecule has 0 bridgehead atoms. The average molecular weight is 287 g/mol. The van der Waals surface area contributed by atoms with E-state index in [0.29, 0.717) is 11.4 Å². The molecule has 2 aliphatic rings. The molecule has 1 aliphatic carbocycles. The van der Waals surface area contributed by atoms with E-state index < -0.39 is 5.54 Å². The Kier molecular flexibility index (Phi) is 5.54. The van der Waals surface area contributed by atoms with Gasteiger partial charge in [0.15, 0.2) is 0 Å². The van der Waals surface area contributed by atoms with Crippen LogP contribution in [0.3, 0.4) is 0 Å². The van der Waals surface area contributed by atoms with Crippen molar-refractivity contribution in [1.82, 2.24) is 5.32 Å². The molecule has 1 N–H and O–H groups in total. The van der Waals surface area contributed by atoms with E-state index in [1.165, 1.54) is 20.0 Å². The second kappa shape index (κ2) is 6.95. The van der Waals surface area contributed by atoms with Crippen molar-refractivity contribution in [3.63, 3.8) is 0 Å². The summed E-state index contributed by atoms with van der Waals surface area (Å²) in [6, 6.07) is 0. The zero-order chi connectivity index (χ0) is 13.7. The van der Waals surface area contributed by atoms with E-state index in [2.05, 4.69) is 5.32 Å². The predicted molar refractivity (Wildman–Crippen MR) is 77.5 cm³/mol. The summed E-state index contributed by atoms with van der Waals surface area (Å²) in [6.45, 7) is 3.76. The molecule has 0 amide bonds. The highest BCUT2D eigenvalue weighted by molar-refractivity contribution is 7.99. The summed E-state index contributed by atoms with van der Waals surface area (Å²) < 4.78 is 10.6. The fourth-order valence-corrected chi connectivity index (χ4v) is 4.55. The number of nitrogens with one attached hydrogen (secondary N) is 1. The van der Waals surface area contributed by atoms with Crippen LogP contribution < -0.4 is 5.32 Å². The molecule has 2 fully saturated rings. The molecule has 2 rings (SSSR count). The third-order valence-electron chi connectivity index (χ3n) is 4.10. The molecular weight excluding hydrogens is 262 g/mol. The van der Waals surface area contributed by atoms with Crippen LogP contribution in [0.2, 0.25) is 0 Å². The minimum absolute atomic E-state index is 0.102. The lowest BCUT2D eigenvalue weighted by Crippen LogP contribution is -2.50. The second-order valence-electron chi connectivity index (χ2n) is 5.44. The summed E-state index contributed by atoms with van der Waals surface area (Å²) >= 11 is 1.96. The molecule has 1 saturated carbocycles. The van der Waals surface area contributed by atoms with Crippen LogP contribution in [0.4, 0.5) is 0 Å². The van der Waals surface area contributed by atoms with Crippen LogP contribution in [-0.2, 0) is 14.3 Å². The highest BCUT2D eigenvalue weighted by atomic mass is 32.2. The molecule has 110 valence electrons. The molecule has 0 spiro atoms. The number of ether oxygens (including phenoxy) is 2.